The lowest BCUT2D eigenvalue weighted by Gasteiger charge is -2.32. The summed E-state index contributed by atoms with van der Waals surface area (Å²) in [4.78, 5) is 15.8. The number of benzene rings is 1. The molecule has 3 N–H and O–H groups in total. The highest BCUT2D eigenvalue weighted by Gasteiger charge is 2.31. The summed E-state index contributed by atoms with van der Waals surface area (Å²) >= 11 is 0. The summed E-state index contributed by atoms with van der Waals surface area (Å²) in [6.45, 7) is 7.64. The van der Waals surface area contributed by atoms with Gasteiger partial charge in [0.2, 0.25) is 0 Å². The van der Waals surface area contributed by atoms with E-state index in [0.717, 1.165) is 59.8 Å². The van der Waals surface area contributed by atoms with Crippen LogP contribution in [0.25, 0.3) is 11.3 Å². The van der Waals surface area contributed by atoms with Gasteiger partial charge in [0.25, 0.3) is 0 Å². The molecule has 47 heavy (non-hydrogen) atoms. The van der Waals surface area contributed by atoms with Gasteiger partial charge >= 0.3 is 6.03 Å². The number of pyridine rings is 1. The molecule has 246 valence electrons. The Labute approximate surface area is 273 Å². The lowest BCUT2D eigenvalue weighted by atomic mass is 9.85. The third kappa shape index (κ3) is 6.20. The average Bonchev–Trinajstić information content (AvgIpc) is 3.85. The van der Waals surface area contributed by atoms with Crippen LogP contribution < -0.4 is 15.4 Å². The van der Waals surface area contributed by atoms with Gasteiger partial charge in [-0.2, -0.15) is 10.2 Å². The van der Waals surface area contributed by atoms with Gasteiger partial charge in [-0.05, 0) is 62.5 Å². The number of hydrogen-bond acceptors (Lipinski definition) is 8. The summed E-state index contributed by atoms with van der Waals surface area (Å²) in [5.74, 6) is 2.24. The van der Waals surface area contributed by atoms with Crippen molar-refractivity contribution < 1.29 is 14.6 Å². The number of rotatable bonds is 8. The summed E-state index contributed by atoms with van der Waals surface area (Å²) < 4.78 is 12.0. The van der Waals surface area contributed by atoms with Gasteiger partial charge in [-0.1, -0.05) is 45.0 Å². The van der Waals surface area contributed by atoms with Crippen LogP contribution in [0.4, 0.5) is 10.6 Å². The first-order chi connectivity index (χ1) is 22.7. The van der Waals surface area contributed by atoms with Crippen LogP contribution in [0.3, 0.4) is 0 Å². The number of amides is 2. The number of carbonyl (C=O) groups is 1. The minimum absolute atomic E-state index is 0.0216. The molecular weight excluding hydrogens is 596 g/mol. The first-order valence-corrected chi connectivity index (χ1v) is 16.3. The van der Waals surface area contributed by atoms with Crippen LogP contribution in [-0.2, 0) is 12.0 Å². The first kappa shape index (κ1) is 30.9. The van der Waals surface area contributed by atoms with Crippen molar-refractivity contribution in [3.05, 3.63) is 83.7 Å². The maximum Gasteiger partial charge on any atom is 0.320 e. The fourth-order valence-corrected chi connectivity index (χ4v) is 6.64. The largest absolute Gasteiger partial charge is 0.484 e. The van der Waals surface area contributed by atoms with Crippen LogP contribution in [0.15, 0.2) is 61.1 Å². The summed E-state index contributed by atoms with van der Waals surface area (Å²) in [6.07, 6.45) is 8.96. The van der Waals surface area contributed by atoms with Gasteiger partial charge in [0.05, 0.1) is 49.5 Å². The van der Waals surface area contributed by atoms with E-state index in [-0.39, 0.29) is 36.2 Å². The molecule has 0 bridgehead atoms. The number of ether oxygens (including phenoxy) is 1. The maximum absolute atomic E-state index is 13.5. The standard InChI is InChI=1S/C34H42N10O3/c1-34(2,3)29-18-31(44(40-29)22-19-35-42(20-22)16-17-45)37-33(46)36-26-12-13-28(25-9-6-5-8-24(25)26)47-23-11-14-30-38-39-32(43(30)21-23)27-10-7-15-41(27)4/h5-6,8-9,11,14,18-21,26-28,45H,7,10,12-13,15-17H2,1-4H3,(H2,36,37,46)/t26-,27-,28+/m0/s1. The fraction of sp³-hybridized carbons (Fsp3) is 0.441. The van der Waals surface area contributed by atoms with Crippen LogP contribution in [0.1, 0.15) is 87.3 Å². The number of anilines is 1. The van der Waals surface area contributed by atoms with Crippen molar-refractivity contribution in [2.75, 3.05) is 25.5 Å². The van der Waals surface area contributed by atoms with Crippen LogP contribution >= 0.6 is 0 Å². The van der Waals surface area contributed by atoms with Crippen molar-refractivity contribution in [1.29, 1.82) is 0 Å². The lowest BCUT2D eigenvalue weighted by Crippen LogP contribution is -2.36. The minimum atomic E-state index is -0.323. The van der Waals surface area contributed by atoms with Gasteiger partial charge in [0, 0.05) is 11.5 Å². The Morgan fingerprint density at radius 3 is 2.66 bits per heavy atom. The minimum Gasteiger partial charge on any atom is -0.484 e. The summed E-state index contributed by atoms with van der Waals surface area (Å²) in [5.41, 5.74) is 4.19. The van der Waals surface area contributed by atoms with Crippen molar-refractivity contribution in [2.24, 2.45) is 0 Å². The molecule has 5 aromatic rings. The summed E-state index contributed by atoms with van der Waals surface area (Å²) in [5, 5.41) is 33.6. The first-order valence-electron chi connectivity index (χ1n) is 16.3. The van der Waals surface area contributed by atoms with E-state index in [1.807, 2.05) is 36.5 Å². The highest BCUT2D eigenvalue weighted by molar-refractivity contribution is 5.89. The van der Waals surface area contributed by atoms with Crippen LogP contribution in [0.5, 0.6) is 5.75 Å². The van der Waals surface area contributed by atoms with E-state index in [0.29, 0.717) is 24.5 Å². The second-order valence-corrected chi connectivity index (χ2v) is 13.5. The number of aromatic nitrogens is 7. The summed E-state index contributed by atoms with van der Waals surface area (Å²) in [7, 11) is 2.13. The van der Waals surface area contributed by atoms with Gasteiger partial charge in [0.1, 0.15) is 23.4 Å². The van der Waals surface area contributed by atoms with Crippen LogP contribution in [-0.4, -0.2) is 70.4 Å². The van der Waals surface area contributed by atoms with Crippen molar-refractivity contribution in [2.45, 2.75) is 76.6 Å². The number of aliphatic hydroxyl groups excluding tert-OH is 1. The molecule has 13 heteroatoms. The normalized spacial score (nSPS) is 20.0. The monoisotopic (exact) mass is 638 g/mol. The van der Waals surface area contributed by atoms with Gasteiger partial charge < -0.3 is 15.2 Å². The predicted molar refractivity (Wildman–Crippen MR) is 177 cm³/mol. The van der Waals surface area contributed by atoms with E-state index in [1.54, 1.807) is 21.8 Å². The molecule has 0 saturated carbocycles. The van der Waals surface area contributed by atoms with Gasteiger partial charge in [-0.3, -0.25) is 19.3 Å². The number of nitrogens with zero attached hydrogens (tertiary/aromatic N) is 8. The number of carbonyl (C=O) groups excluding carboxylic acids is 1. The smallest absolute Gasteiger partial charge is 0.320 e. The molecule has 1 fully saturated rings. The second-order valence-electron chi connectivity index (χ2n) is 13.5. The van der Waals surface area contributed by atoms with E-state index in [4.69, 9.17) is 9.84 Å². The van der Waals surface area contributed by atoms with Crippen molar-refractivity contribution in [3.8, 4) is 11.4 Å². The highest BCUT2D eigenvalue weighted by atomic mass is 16.5. The highest BCUT2D eigenvalue weighted by Crippen LogP contribution is 2.39. The van der Waals surface area contributed by atoms with E-state index < -0.39 is 0 Å². The molecule has 0 unspecified atom stereocenters. The van der Waals surface area contributed by atoms with E-state index >= 15 is 0 Å². The molecule has 0 spiro atoms. The average molecular weight is 639 g/mol. The number of fused-ring (bicyclic) bond motifs is 2. The molecule has 4 aromatic heterocycles. The lowest BCUT2D eigenvalue weighted by molar-refractivity contribution is 0.171. The van der Waals surface area contributed by atoms with Crippen LogP contribution in [0.2, 0.25) is 0 Å². The van der Waals surface area contributed by atoms with Crippen LogP contribution in [0, 0.1) is 0 Å². The Hall–Kier alpha value is -4.75. The Morgan fingerprint density at radius 2 is 1.89 bits per heavy atom. The molecular formula is C34H42N10O3. The SMILES string of the molecule is CN1CCC[C@H]1c1nnc2ccc(O[C@@H]3CC[C@H](NC(=O)Nc4cc(C(C)(C)C)nn4-c4cnn(CCO)c4)c4ccccc43)cn12. The molecule has 1 aromatic carbocycles. The van der Waals surface area contributed by atoms with Gasteiger partial charge in [-0.25, -0.2) is 9.48 Å². The zero-order valence-corrected chi connectivity index (χ0v) is 27.3. The zero-order chi connectivity index (χ0) is 32.7. The predicted octanol–water partition coefficient (Wildman–Crippen LogP) is 4.94. The number of aliphatic hydroxyl groups is 1. The molecule has 0 radical (unpaired) electrons. The Bertz CT molecular complexity index is 1890. The molecule has 13 nitrogen and oxygen atoms in total. The summed E-state index contributed by atoms with van der Waals surface area (Å²) in [6, 6.07) is 13.7. The number of nitrogens with one attached hydrogen (secondary N) is 2. The molecule has 7 rings (SSSR count). The third-order valence-electron chi connectivity index (χ3n) is 9.15. The number of likely N-dealkylation sites (tertiary alicyclic amines) is 1. The molecule has 1 saturated heterocycles. The molecule has 3 atom stereocenters. The Balaban J connectivity index is 1.08. The van der Waals surface area contributed by atoms with Gasteiger partial charge in [-0.15, -0.1) is 10.2 Å². The maximum atomic E-state index is 13.5. The number of hydrogen-bond donors (Lipinski definition) is 3. The van der Waals surface area contributed by atoms with E-state index in [1.165, 1.54) is 0 Å². The van der Waals surface area contributed by atoms with Crippen molar-refractivity contribution >= 4 is 17.5 Å². The molecule has 1 aliphatic carbocycles. The Morgan fingerprint density at radius 1 is 1.06 bits per heavy atom. The third-order valence-corrected chi connectivity index (χ3v) is 9.15. The van der Waals surface area contributed by atoms with Crippen molar-refractivity contribution in [1.82, 2.24) is 44.4 Å². The Kier molecular flexibility index (Phi) is 8.18. The topological polar surface area (TPSA) is 140 Å². The van der Waals surface area contributed by atoms with E-state index in [9.17, 15) is 9.90 Å². The van der Waals surface area contributed by atoms with E-state index in [2.05, 4.69) is 75.2 Å². The fourth-order valence-electron chi connectivity index (χ4n) is 6.64. The number of urea groups is 1. The zero-order valence-electron chi connectivity index (χ0n) is 27.3. The molecule has 2 aliphatic rings. The van der Waals surface area contributed by atoms with Gasteiger partial charge in [0.15, 0.2) is 11.5 Å². The molecule has 2 amide bonds. The molecule has 1 aliphatic heterocycles. The van der Waals surface area contributed by atoms with Crippen molar-refractivity contribution in [3.63, 3.8) is 0 Å². The second kappa shape index (κ2) is 12.5. The molecule has 5 heterocycles. The quantitative estimate of drug-likeness (QED) is 0.217.